The van der Waals surface area contributed by atoms with Crippen LogP contribution in [0.1, 0.15) is 49.9 Å². The van der Waals surface area contributed by atoms with Crippen LogP contribution in [0.15, 0.2) is 164 Å². The summed E-state index contributed by atoms with van der Waals surface area (Å²) < 4.78 is 0. The lowest BCUT2D eigenvalue weighted by atomic mass is 9.78. The molecule has 0 fully saturated rings. The lowest BCUT2D eigenvalue weighted by Gasteiger charge is -2.30. The second kappa shape index (κ2) is 10.7. The zero-order valence-electron chi connectivity index (χ0n) is 30.5. The van der Waals surface area contributed by atoms with E-state index >= 15 is 0 Å². The quantitative estimate of drug-likeness (QED) is 0.180. The van der Waals surface area contributed by atoms with Gasteiger partial charge in [0.05, 0.1) is 5.69 Å². The van der Waals surface area contributed by atoms with Gasteiger partial charge in [-0.1, -0.05) is 161 Å². The van der Waals surface area contributed by atoms with Crippen LogP contribution < -0.4 is 4.90 Å². The molecule has 2 aliphatic carbocycles. The Labute approximate surface area is 310 Å². The fourth-order valence-electron chi connectivity index (χ4n) is 10.3. The molecule has 0 bridgehead atoms. The molecule has 0 aliphatic heterocycles. The number of nitrogens with zero attached hydrogens (tertiary/aromatic N) is 1. The molecule has 1 heteroatoms. The normalized spacial score (nSPS) is 14.7. The van der Waals surface area contributed by atoms with Gasteiger partial charge in [0.1, 0.15) is 0 Å². The van der Waals surface area contributed by atoms with Gasteiger partial charge in [0.25, 0.3) is 0 Å². The number of anilines is 3. The summed E-state index contributed by atoms with van der Waals surface area (Å²) in [5.74, 6) is 0. The number of benzene rings is 9. The maximum Gasteiger partial charge on any atom is 0.0546 e. The minimum atomic E-state index is -0.135. The Kier molecular flexibility index (Phi) is 6.14. The number of hydrogen-bond acceptors (Lipinski definition) is 1. The topological polar surface area (TPSA) is 3.24 Å². The van der Waals surface area contributed by atoms with Gasteiger partial charge in [0, 0.05) is 27.6 Å². The zero-order chi connectivity index (χ0) is 35.6. The van der Waals surface area contributed by atoms with Crippen LogP contribution in [0.5, 0.6) is 0 Å². The number of para-hydroxylation sites is 1. The number of rotatable bonds is 3. The van der Waals surface area contributed by atoms with Gasteiger partial charge in [-0.2, -0.15) is 0 Å². The molecule has 0 unspecified atom stereocenters. The van der Waals surface area contributed by atoms with Crippen LogP contribution >= 0.6 is 0 Å². The first-order valence-electron chi connectivity index (χ1n) is 18.9. The van der Waals surface area contributed by atoms with Gasteiger partial charge in [-0.15, -0.1) is 0 Å². The van der Waals surface area contributed by atoms with Crippen LogP contribution in [0.2, 0.25) is 0 Å². The van der Waals surface area contributed by atoms with Gasteiger partial charge in [-0.25, -0.2) is 0 Å². The minimum Gasteiger partial charge on any atom is -0.310 e. The first-order chi connectivity index (χ1) is 25.8. The molecule has 0 heterocycles. The van der Waals surface area contributed by atoms with Crippen molar-refractivity contribution >= 4 is 60.2 Å². The van der Waals surface area contributed by atoms with Gasteiger partial charge in [0.15, 0.2) is 0 Å². The van der Waals surface area contributed by atoms with E-state index in [9.17, 15) is 0 Å². The van der Waals surface area contributed by atoms with E-state index in [0.717, 1.165) is 11.4 Å². The van der Waals surface area contributed by atoms with E-state index in [1.54, 1.807) is 0 Å². The first-order valence-corrected chi connectivity index (χ1v) is 18.9. The number of hydrogen-bond donors (Lipinski definition) is 0. The summed E-state index contributed by atoms with van der Waals surface area (Å²) in [4.78, 5) is 2.48. The molecule has 9 aromatic rings. The molecular weight excluding hydrogens is 639 g/mol. The van der Waals surface area contributed by atoms with Crippen molar-refractivity contribution in [2.75, 3.05) is 4.90 Å². The molecule has 0 N–H and O–H groups in total. The van der Waals surface area contributed by atoms with Crippen LogP contribution in [0, 0.1) is 0 Å². The Balaban J connectivity index is 1.16. The van der Waals surface area contributed by atoms with E-state index in [1.807, 2.05) is 0 Å². The Morgan fingerprint density at radius 1 is 0.358 bits per heavy atom. The standard InChI is InChI=1S/C52H39N/c1-51(2)45-29-24-32-14-8-10-18-37(32)47(45)44-31-46(40-20-12-13-21-41(40)50(44)51)53(35-16-6-5-7-17-35)36-25-28-39-34(30-36)23-27-43-42-26-22-33-15-9-11-19-38(33)48(42)52(3,4)49(39)43/h5-31H,1-4H3. The van der Waals surface area contributed by atoms with Crippen LogP contribution in [0.25, 0.3) is 65.3 Å². The van der Waals surface area contributed by atoms with Crippen LogP contribution in [0.4, 0.5) is 17.1 Å². The van der Waals surface area contributed by atoms with Crippen LogP contribution in [-0.2, 0) is 10.8 Å². The van der Waals surface area contributed by atoms with Crippen LogP contribution in [0.3, 0.4) is 0 Å². The fourth-order valence-corrected chi connectivity index (χ4v) is 10.3. The van der Waals surface area contributed by atoms with Gasteiger partial charge < -0.3 is 4.90 Å². The molecule has 11 rings (SSSR count). The van der Waals surface area contributed by atoms with Crippen molar-refractivity contribution < 1.29 is 0 Å². The summed E-state index contributed by atoms with van der Waals surface area (Å²) in [6.07, 6.45) is 0. The Morgan fingerprint density at radius 3 is 1.64 bits per heavy atom. The van der Waals surface area contributed by atoms with Crippen molar-refractivity contribution in [3.63, 3.8) is 0 Å². The van der Waals surface area contributed by atoms with E-state index in [0.29, 0.717) is 0 Å². The molecule has 2 aliphatic rings. The van der Waals surface area contributed by atoms with Crippen molar-refractivity contribution in [1.29, 1.82) is 0 Å². The molecular formula is C52H39N. The summed E-state index contributed by atoms with van der Waals surface area (Å²) in [7, 11) is 0. The third kappa shape index (κ3) is 4.08. The summed E-state index contributed by atoms with van der Waals surface area (Å²) in [5.41, 5.74) is 14.3. The monoisotopic (exact) mass is 677 g/mol. The Hall–Kier alpha value is -6.18. The third-order valence-electron chi connectivity index (χ3n) is 12.5. The molecule has 1 nitrogen and oxygen atoms in total. The van der Waals surface area contributed by atoms with Gasteiger partial charge in [0.2, 0.25) is 0 Å². The SMILES string of the molecule is CC1(C)c2c(ccc3ccccc23)-c2ccc3cc(N(c4ccccc4)c4cc5c(c6ccccc46)C(C)(C)c4ccc6ccccc6c4-5)ccc3c21. The maximum atomic E-state index is 2.49. The largest absolute Gasteiger partial charge is 0.310 e. The molecule has 252 valence electrons. The average Bonchev–Trinajstić information content (AvgIpc) is 3.58. The summed E-state index contributed by atoms with van der Waals surface area (Å²) in [6.45, 7) is 9.62. The van der Waals surface area contributed by atoms with E-state index in [4.69, 9.17) is 0 Å². The summed E-state index contributed by atoms with van der Waals surface area (Å²) >= 11 is 0. The molecule has 0 atom stereocenters. The second-order valence-corrected chi connectivity index (χ2v) is 16.1. The zero-order valence-corrected chi connectivity index (χ0v) is 30.5. The predicted octanol–water partition coefficient (Wildman–Crippen LogP) is 14.4. The molecule has 0 saturated heterocycles. The van der Waals surface area contributed by atoms with Crippen molar-refractivity contribution in [2.45, 2.75) is 38.5 Å². The summed E-state index contributed by atoms with van der Waals surface area (Å²) in [6, 6.07) is 61.3. The van der Waals surface area contributed by atoms with Gasteiger partial charge in [-0.05, 0) is 113 Å². The van der Waals surface area contributed by atoms with Crippen molar-refractivity contribution in [3.05, 3.63) is 186 Å². The highest BCUT2D eigenvalue weighted by molar-refractivity contribution is 6.12. The van der Waals surface area contributed by atoms with E-state index in [1.165, 1.54) is 93.3 Å². The molecule has 0 radical (unpaired) electrons. The van der Waals surface area contributed by atoms with Crippen molar-refractivity contribution in [3.8, 4) is 22.3 Å². The Morgan fingerprint density at radius 2 is 0.906 bits per heavy atom. The predicted molar refractivity (Wildman–Crippen MR) is 226 cm³/mol. The maximum absolute atomic E-state index is 2.49. The molecule has 0 saturated carbocycles. The fraction of sp³-hybridized carbons (Fsp3) is 0.115. The third-order valence-corrected chi connectivity index (χ3v) is 12.5. The van der Waals surface area contributed by atoms with Gasteiger partial charge >= 0.3 is 0 Å². The molecule has 0 spiro atoms. The van der Waals surface area contributed by atoms with Gasteiger partial charge in [-0.3, -0.25) is 0 Å². The first kappa shape index (κ1) is 30.4. The lowest BCUT2D eigenvalue weighted by Crippen LogP contribution is -2.17. The average molecular weight is 678 g/mol. The lowest BCUT2D eigenvalue weighted by molar-refractivity contribution is 0.667. The smallest absolute Gasteiger partial charge is 0.0546 e. The highest BCUT2D eigenvalue weighted by Gasteiger charge is 2.40. The molecule has 9 aromatic carbocycles. The summed E-state index contributed by atoms with van der Waals surface area (Å²) in [5, 5.41) is 10.4. The second-order valence-electron chi connectivity index (χ2n) is 16.1. The van der Waals surface area contributed by atoms with Crippen molar-refractivity contribution in [2.24, 2.45) is 0 Å². The van der Waals surface area contributed by atoms with E-state index in [-0.39, 0.29) is 10.8 Å². The number of fused-ring (bicyclic) bond motifs is 14. The molecule has 0 amide bonds. The van der Waals surface area contributed by atoms with E-state index < -0.39 is 0 Å². The van der Waals surface area contributed by atoms with Crippen molar-refractivity contribution in [1.82, 2.24) is 0 Å². The Bertz CT molecular complexity index is 3000. The van der Waals surface area contributed by atoms with Crippen LogP contribution in [-0.4, -0.2) is 0 Å². The van der Waals surface area contributed by atoms with E-state index in [2.05, 4.69) is 196 Å². The highest BCUT2D eigenvalue weighted by atomic mass is 15.1. The minimum absolute atomic E-state index is 0.134. The molecule has 53 heavy (non-hydrogen) atoms. The molecule has 0 aromatic heterocycles. The highest BCUT2D eigenvalue weighted by Crippen LogP contribution is 2.57.